The van der Waals surface area contributed by atoms with E-state index in [1.807, 2.05) is 61.5 Å². The number of benzene rings is 2. The van der Waals surface area contributed by atoms with Gasteiger partial charge in [-0.2, -0.15) is 0 Å². The Kier molecular flexibility index (Phi) is 5.32. The van der Waals surface area contributed by atoms with Crippen LogP contribution in [-0.2, 0) is 13.1 Å². The molecule has 4 aromatic rings. The third-order valence-corrected chi connectivity index (χ3v) is 6.00. The number of hydrogen-bond acceptors (Lipinski definition) is 6. The molecule has 2 aromatic carbocycles. The van der Waals surface area contributed by atoms with Crippen molar-refractivity contribution in [3.05, 3.63) is 106 Å². The van der Waals surface area contributed by atoms with Crippen molar-refractivity contribution in [2.75, 3.05) is 10.0 Å². The van der Waals surface area contributed by atoms with Gasteiger partial charge in [-0.15, -0.1) is 9.81 Å². The molecule has 5 rings (SSSR count). The lowest BCUT2D eigenvalue weighted by Gasteiger charge is -2.30. The van der Waals surface area contributed by atoms with E-state index in [1.54, 1.807) is 24.8 Å². The van der Waals surface area contributed by atoms with Crippen LogP contribution in [0.1, 0.15) is 16.7 Å². The first-order valence-electron chi connectivity index (χ1n) is 10.5. The Morgan fingerprint density at radius 3 is 2.09 bits per heavy atom. The van der Waals surface area contributed by atoms with Gasteiger partial charge in [0.1, 0.15) is 0 Å². The second-order valence-electron chi connectivity index (χ2n) is 7.84. The monoisotopic (exact) mass is 436 g/mol. The zero-order chi connectivity index (χ0) is 22.8. The number of rotatable bonds is 4. The van der Waals surface area contributed by atoms with Gasteiger partial charge in [-0.3, -0.25) is 9.97 Å². The summed E-state index contributed by atoms with van der Waals surface area (Å²) in [6.07, 6.45) is 7.00. The molecule has 0 bridgehead atoms. The second kappa shape index (κ2) is 8.58. The molecule has 0 aliphatic carbocycles. The Morgan fingerprint density at radius 2 is 1.42 bits per heavy atom. The number of nitroso groups, excluding NO2 is 2. The van der Waals surface area contributed by atoms with E-state index in [2.05, 4.69) is 20.5 Å². The standard InChI is InChI=1S/C25H20N6O2/c1-17-22(20-5-3-11-27-14-20)7-9-25-23(17)16-31(29-33)24-8-6-18(19-4-2-10-26-13-19)12-21(24)15-30(25)28-32/h2-14H,15-16H2,1H3. The number of nitrogens with zero attached hydrogens (tertiary/aromatic N) is 6. The third-order valence-electron chi connectivity index (χ3n) is 6.00. The molecule has 0 N–H and O–H groups in total. The van der Waals surface area contributed by atoms with E-state index in [1.165, 1.54) is 10.0 Å². The molecule has 0 radical (unpaired) electrons. The fourth-order valence-electron chi connectivity index (χ4n) is 4.32. The molecule has 0 spiro atoms. The molecule has 1 aliphatic rings. The summed E-state index contributed by atoms with van der Waals surface area (Å²) in [5.41, 5.74) is 7.64. The molecule has 2 aromatic heterocycles. The molecule has 0 unspecified atom stereocenters. The van der Waals surface area contributed by atoms with E-state index in [0.29, 0.717) is 11.4 Å². The highest BCUT2D eigenvalue weighted by Gasteiger charge is 2.26. The summed E-state index contributed by atoms with van der Waals surface area (Å²) >= 11 is 0. The van der Waals surface area contributed by atoms with Gasteiger partial charge in [0.2, 0.25) is 0 Å². The maximum Gasteiger partial charge on any atom is 0.0722 e. The Morgan fingerprint density at radius 1 is 0.758 bits per heavy atom. The minimum absolute atomic E-state index is 0.206. The molecule has 8 nitrogen and oxygen atoms in total. The molecule has 3 heterocycles. The Bertz CT molecular complexity index is 1330. The van der Waals surface area contributed by atoms with Crippen molar-refractivity contribution in [1.29, 1.82) is 0 Å². The van der Waals surface area contributed by atoms with Crippen LogP contribution in [-0.4, -0.2) is 9.97 Å². The van der Waals surface area contributed by atoms with Crippen molar-refractivity contribution >= 4 is 11.4 Å². The Balaban J connectivity index is 1.63. The van der Waals surface area contributed by atoms with Crippen molar-refractivity contribution in [3.8, 4) is 22.3 Å². The largest absolute Gasteiger partial charge is 0.264 e. The predicted octanol–water partition coefficient (Wildman–Crippen LogP) is 5.81. The van der Waals surface area contributed by atoms with Crippen molar-refractivity contribution in [2.45, 2.75) is 20.0 Å². The smallest absolute Gasteiger partial charge is 0.0722 e. The highest BCUT2D eigenvalue weighted by atomic mass is 16.3. The third kappa shape index (κ3) is 3.71. The van der Waals surface area contributed by atoms with Crippen LogP contribution in [0.5, 0.6) is 0 Å². The number of hydrogen-bond donors (Lipinski definition) is 0. The number of pyridine rings is 2. The summed E-state index contributed by atoms with van der Waals surface area (Å²) in [5, 5.41) is 9.50. The van der Waals surface area contributed by atoms with Crippen LogP contribution in [0, 0.1) is 16.7 Å². The van der Waals surface area contributed by atoms with Gasteiger partial charge in [-0.1, -0.05) is 24.3 Å². The molecule has 0 saturated heterocycles. The van der Waals surface area contributed by atoms with Crippen LogP contribution in [0.2, 0.25) is 0 Å². The summed E-state index contributed by atoms with van der Waals surface area (Å²) < 4.78 is 0. The summed E-state index contributed by atoms with van der Waals surface area (Å²) in [6.45, 7) is 2.39. The molecule has 8 heteroatoms. The second-order valence-corrected chi connectivity index (χ2v) is 7.84. The van der Waals surface area contributed by atoms with Gasteiger partial charge in [0.15, 0.2) is 0 Å². The lowest BCUT2D eigenvalue weighted by molar-refractivity contribution is 0.769. The van der Waals surface area contributed by atoms with Crippen LogP contribution in [0.25, 0.3) is 22.3 Å². The fourth-order valence-corrected chi connectivity index (χ4v) is 4.32. The summed E-state index contributed by atoms with van der Waals surface area (Å²) in [4.78, 5) is 32.2. The van der Waals surface area contributed by atoms with Gasteiger partial charge < -0.3 is 0 Å². The molecular formula is C25H20N6O2. The van der Waals surface area contributed by atoms with E-state index in [0.717, 1.165) is 38.9 Å². The lowest BCUT2D eigenvalue weighted by Crippen LogP contribution is -2.26. The van der Waals surface area contributed by atoms with Gasteiger partial charge >= 0.3 is 0 Å². The average Bonchev–Trinajstić information content (AvgIpc) is 2.86. The Hall–Kier alpha value is -4.46. The quantitative estimate of drug-likeness (QED) is 0.375. The summed E-state index contributed by atoms with van der Waals surface area (Å²) in [6, 6.07) is 17.2. The highest BCUT2D eigenvalue weighted by Crippen LogP contribution is 2.39. The molecule has 0 amide bonds. The van der Waals surface area contributed by atoms with Crippen LogP contribution < -0.4 is 10.0 Å². The molecule has 0 saturated carbocycles. The lowest BCUT2D eigenvalue weighted by atomic mass is 9.94. The van der Waals surface area contributed by atoms with E-state index >= 15 is 0 Å². The van der Waals surface area contributed by atoms with Crippen molar-refractivity contribution in [2.24, 2.45) is 10.6 Å². The molecule has 162 valence electrons. The zero-order valence-corrected chi connectivity index (χ0v) is 17.9. The molecular weight excluding hydrogens is 416 g/mol. The maximum atomic E-state index is 11.9. The number of aromatic nitrogens is 2. The van der Waals surface area contributed by atoms with Gasteiger partial charge in [-0.25, -0.2) is 10.0 Å². The first-order valence-corrected chi connectivity index (χ1v) is 10.5. The predicted molar refractivity (Wildman–Crippen MR) is 128 cm³/mol. The first kappa shape index (κ1) is 20.4. The van der Waals surface area contributed by atoms with Crippen LogP contribution in [0.4, 0.5) is 11.4 Å². The molecule has 1 aliphatic heterocycles. The maximum absolute atomic E-state index is 11.9. The van der Waals surface area contributed by atoms with Gasteiger partial charge in [-0.05, 0) is 65.1 Å². The van der Waals surface area contributed by atoms with E-state index in [-0.39, 0.29) is 13.1 Å². The summed E-state index contributed by atoms with van der Waals surface area (Å²) in [5.74, 6) is 0. The number of anilines is 2. The van der Waals surface area contributed by atoms with E-state index in [4.69, 9.17) is 0 Å². The average molecular weight is 436 g/mol. The number of fused-ring (bicyclic) bond motifs is 2. The van der Waals surface area contributed by atoms with Crippen molar-refractivity contribution in [1.82, 2.24) is 9.97 Å². The minimum atomic E-state index is 0.206. The van der Waals surface area contributed by atoms with Crippen LogP contribution in [0.15, 0.2) is 90.0 Å². The van der Waals surface area contributed by atoms with Gasteiger partial charge in [0.25, 0.3) is 0 Å². The zero-order valence-electron chi connectivity index (χ0n) is 17.9. The van der Waals surface area contributed by atoms with Gasteiger partial charge in [0.05, 0.1) is 35.0 Å². The fraction of sp³-hybridized carbons (Fsp3) is 0.120. The van der Waals surface area contributed by atoms with E-state index < -0.39 is 0 Å². The van der Waals surface area contributed by atoms with Crippen LogP contribution >= 0.6 is 0 Å². The normalized spacial score (nSPS) is 12.9. The van der Waals surface area contributed by atoms with Gasteiger partial charge in [0, 0.05) is 35.9 Å². The van der Waals surface area contributed by atoms with Crippen LogP contribution in [0.3, 0.4) is 0 Å². The summed E-state index contributed by atoms with van der Waals surface area (Å²) in [7, 11) is 0. The Labute approximate surface area is 190 Å². The first-order chi connectivity index (χ1) is 16.2. The van der Waals surface area contributed by atoms with Crippen molar-refractivity contribution < 1.29 is 0 Å². The topological polar surface area (TPSA) is 91.1 Å². The molecule has 0 fully saturated rings. The molecule has 0 atom stereocenters. The minimum Gasteiger partial charge on any atom is -0.264 e. The van der Waals surface area contributed by atoms with E-state index in [9.17, 15) is 9.81 Å². The molecule has 33 heavy (non-hydrogen) atoms. The van der Waals surface area contributed by atoms with Crippen molar-refractivity contribution in [3.63, 3.8) is 0 Å². The SMILES string of the molecule is Cc1c(-c2cccnc2)ccc2c1CN(N=O)c1ccc(-c3cccnc3)cc1CN2N=O. The highest BCUT2D eigenvalue weighted by molar-refractivity contribution is 5.75.